The third kappa shape index (κ3) is 8.61. The fraction of sp³-hybridized carbons (Fsp3) is 0.0893. The zero-order valence-corrected chi connectivity index (χ0v) is 37.0. The first-order valence-corrected chi connectivity index (χ1v) is 20.5. The molecule has 0 radical (unpaired) electrons. The molecule has 0 aliphatic carbocycles. The maximum absolute atomic E-state index is 5.37. The van der Waals surface area contributed by atoms with Crippen LogP contribution in [0.5, 0.6) is 5.75 Å². The van der Waals surface area contributed by atoms with Crippen LogP contribution in [0.3, 0.4) is 0 Å². The van der Waals surface area contributed by atoms with E-state index in [1.54, 1.807) is 7.11 Å². The van der Waals surface area contributed by atoms with Gasteiger partial charge in [0.1, 0.15) is 0 Å². The third-order valence-electron chi connectivity index (χ3n) is 11.1. The summed E-state index contributed by atoms with van der Waals surface area (Å²) in [7, 11) is 1.65. The van der Waals surface area contributed by atoms with Gasteiger partial charge in [0.25, 0.3) is 0 Å². The van der Waals surface area contributed by atoms with E-state index < -0.39 is 0 Å². The molecular formula is C56H45N4ORh. The molecule has 5 aromatic carbocycles. The number of nitrogens with zero attached hydrogens (tertiary/aromatic N) is 4. The molecule has 62 heavy (non-hydrogen) atoms. The first-order valence-electron chi connectivity index (χ1n) is 20.5. The van der Waals surface area contributed by atoms with Gasteiger partial charge in [-0.2, -0.15) is 24.6 Å². The summed E-state index contributed by atoms with van der Waals surface area (Å²) < 4.78 is 4.94. The molecule has 3 aromatic heterocycles. The maximum Gasteiger partial charge on any atom is 3.00 e. The van der Waals surface area contributed by atoms with E-state index in [9.17, 15) is 0 Å². The molecule has 0 fully saturated rings. The van der Waals surface area contributed by atoms with Crippen LogP contribution >= 0.6 is 0 Å². The standard InChI is InChI=1S/C48H36N4.C8H9O.Rh/c1-29-5-13-33(14-6-29)45-37-21-23-39(49-37)46(34-15-7-30(2)8-16-34)41-25-27-43(51-41)48(36-19-11-32(4)12-20-36)44-28-26-42(52-44)47(40-24-22-38(45)50-40)35-17-9-31(3)10-18-35;1-7-3-5-8(9-2)6-4-7;/h5-28H,1-4H3;3-6H,1H2,2H3;/q-2;-1;+3. The second-order valence-electron chi connectivity index (χ2n) is 15.7. The topological polar surface area (TPSA) is 63.2 Å². The van der Waals surface area contributed by atoms with Crippen LogP contribution in [-0.2, 0) is 19.5 Å². The fourth-order valence-electron chi connectivity index (χ4n) is 7.78. The fourth-order valence-corrected chi connectivity index (χ4v) is 7.78. The Balaban J connectivity index is 0.000000473. The van der Waals surface area contributed by atoms with E-state index in [4.69, 9.17) is 24.7 Å². The van der Waals surface area contributed by atoms with Crippen LogP contribution in [0.25, 0.3) is 90.9 Å². The molecule has 304 valence electrons. The summed E-state index contributed by atoms with van der Waals surface area (Å²) in [6.07, 6.45) is 8.48. The second kappa shape index (κ2) is 17.9. The van der Waals surface area contributed by atoms with E-state index in [1.807, 2.05) is 24.3 Å². The normalized spacial score (nSPS) is 11.4. The Morgan fingerprint density at radius 3 is 0.871 bits per heavy atom. The van der Waals surface area contributed by atoms with Gasteiger partial charge < -0.3 is 14.7 Å². The van der Waals surface area contributed by atoms with Crippen LogP contribution < -0.4 is 14.7 Å². The zero-order chi connectivity index (χ0) is 42.0. The first kappa shape index (κ1) is 41.7. The molecule has 8 aromatic rings. The summed E-state index contributed by atoms with van der Waals surface area (Å²) in [5.74, 6) is 0.877. The number of aryl methyl sites for hydroxylation is 4. The van der Waals surface area contributed by atoms with Crippen molar-refractivity contribution in [1.82, 2.24) is 19.9 Å². The van der Waals surface area contributed by atoms with Crippen molar-refractivity contribution < 1.29 is 24.2 Å². The van der Waals surface area contributed by atoms with Gasteiger partial charge in [0.2, 0.25) is 0 Å². The summed E-state index contributed by atoms with van der Waals surface area (Å²) in [4.78, 5) is 21.5. The molecule has 0 amide bonds. The smallest absolute Gasteiger partial charge is 0.657 e. The van der Waals surface area contributed by atoms with Gasteiger partial charge in [-0.3, -0.25) is 0 Å². The number of methoxy groups -OCH3 is 1. The van der Waals surface area contributed by atoms with Gasteiger partial charge in [-0.15, -0.1) is 22.1 Å². The van der Waals surface area contributed by atoms with Crippen LogP contribution in [0, 0.1) is 34.6 Å². The monoisotopic (exact) mass is 892 g/mol. The molecular weight excluding hydrogens is 848 g/mol. The van der Waals surface area contributed by atoms with Crippen LogP contribution in [0.15, 0.2) is 146 Å². The molecule has 10 rings (SSSR count). The van der Waals surface area contributed by atoms with Crippen LogP contribution in [0.4, 0.5) is 0 Å². The second-order valence-corrected chi connectivity index (χ2v) is 15.7. The number of fused-ring (bicyclic) bond motifs is 8. The predicted molar refractivity (Wildman–Crippen MR) is 255 cm³/mol. The number of benzene rings is 5. The van der Waals surface area contributed by atoms with Crippen molar-refractivity contribution in [3.63, 3.8) is 0 Å². The molecule has 0 atom stereocenters. The SMILES string of the molecule is Cc1ccc(-c2c3nc(c(-c4ccc(C)cc4)c4ccc([n-]4)c(-c4ccc(C)cc4)c4nc(c(-c5ccc(C)cc5)c5ccc2[n-]5)C=C4)C=C3)cc1.[CH2-]c1ccc(OC)cc1.[Rh+3]. The van der Waals surface area contributed by atoms with Crippen LogP contribution in [-0.4, -0.2) is 17.1 Å². The van der Waals surface area contributed by atoms with Crippen molar-refractivity contribution in [2.45, 2.75) is 27.7 Å². The summed E-state index contributed by atoms with van der Waals surface area (Å²) in [6.45, 7) is 12.2. The van der Waals surface area contributed by atoms with Crippen molar-refractivity contribution in [2.75, 3.05) is 7.11 Å². The van der Waals surface area contributed by atoms with Crippen molar-refractivity contribution in [2.24, 2.45) is 0 Å². The average molecular weight is 893 g/mol. The molecule has 0 spiro atoms. The molecule has 5 nitrogen and oxygen atoms in total. The number of aromatic nitrogens is 4. The molecule has 2 aliphatic rings. The molecule has 2 aliphatic heterocycles. The molecule has 0 unspecified atom stereocenters. The van der Waals surface area contributed by atoms with E-state index in [1.165, 1.54) is 22.3 Å². The molecule has 8 bridgehead atoms. The molecule has 0 saturated carbocycles. The number of ether oxygens (including phenoxy) is 1. The zero-order valence-electron chi connectivity index (χ0n) is 35.4. The van der Waals surface area contributed by atoms with Gasteiger partial charge in [-0.05, 0) is 96.5 Å². The Morgan fingerprint density at radius 1 is 0.371 bits per heavy atom. The summed E-state index contributed by atoms with van der Waals surface area (Å²) in [5, 5.41) is 0. The summed E-state index contributed by atoms with van der Waals surface area (Å²) in [5.41, 5.74) is 20.9. The quantitative estimate of drug-likeness (QED) is 0.127. The van der Waals surface area contributed by atoms with E-state index >= 15 is 0 Å². The van der Waals surface area contributed by atoms with E-state index in [2.05, 4.69) is 180 Å². The van der Waals surface area contributed by atoms with Gasteiger partial charge in [-0.1, -0.05) is 156 Å². The average Bonchev–Trinajstić information content (AvgIpc) is 4.12. The number of hydrogen-bond donors (Lipinski definition) is 0. The predicted octanol–water partition coefficient (Wildman–Crippen LogP) is 13.7. The first-order chi connectivity index (χ1) is 29.7. The van der Waals surface area contributed by atoms with Crippen molar-refractivity contribution in [1.29, 1.82) is 0 Å². The Bertz CT molecular complexity index is 2740. The van der Waals surface area contributed by atoms with Gasteiger partial charge in [0.15, 0.2) is 0 Å². The van der Waals surface area contributed by atoms with E-state index in [0.29, 0.717) is 0 Å². The van der Waals surface area contributed by atoms with E-state index in [-0.39, 0.29) is 19.5 Å². The largest absolute Gasteiger partial charge is 3.00 e. The minimum absolute atomic E-state index is 0. The Hall–Kier alpha value is -7.01. The Morgan fingerprint density at radius 2 is 0.629 bits per heavy atom. The van der Waals surface area contributed by atoms with Crippen LogP contribution in [0.1, 0.15) is 50.6 Å². The van der Waals surface area contributed by atoms with Gasteiger partial charge in [0.05, 0.1) is 35.6 Å². The summed E-state index contributed by atoms with van der Waals surface area (Å²) >= 11 is 0. The van der Waals surface area contributed by atoms with Crippen molar-refractivity contribution >= 4 is 46.4 Å². The maximum atomic E-state index is 5.37. The van der Waals surface area contributed by atoms with Gasteiger partial charge in [0, 0.05) is 0 Å². The molecule has 5 heterocycles. The van der Waals surface area contributed by atoms with Crippen LogP contribution in [0.2, 0.25) is 0 Å². The molecule has 0 N–H and O–H groups in total. The Labute approximate surface area is 376 Å². The minimum atomic E-state index is 0. The third-order valence-corrected chi connectivity index (χ3v) is 11.1. The van der Waals surface area contributed by atoms with Crippen molar-refractivity contribution in [3.05, 3.63) is 203 Å². The number of rotatable bonds is 5. The Kier molecular flexibility index (Phi) is 12.1. The summed E-state index contributed by atoms with van der Waals surface area (Å²) in [6, 6.07) is 50.6. The van der Waals surface area contributed by atoms with Gasteiger partial charge >= 0.3 is 19.5 Å². The van der Waals surface area contributed by atoms with Crippen molar-refractivity contribution in [3.8, 4) is 50.3 Å². The van der Waals surface area contributed by atoms with Gasteiger partial charge in [-0.25, -0.2) is 9.97 Å². The number of hydrogen-bond acceptors (Lipinski definition) is 3. The molecule has 0 saturated heterocycles. The molecule has 6 heteroatoms. The minimum Gasteiger partial charge on any atom is -0.657 e. The van der Waals surface area contributed by atoms with E-state index in [0.717, 1.165) is 101 Å².